The second-order valence-corrected chi connectivity index (χ2v) is 4.99. The van der Waals surface area contributed by atoms with E-state index in [4.69, 9.17) is 5.11 Å². The van der Waals surface area contributed by atoms with Crippen molar-refractivity contribution in [1.82, 2.24) is 4.98 Å². The molecule has 0 fully saturated rings. The van der Waals surface area contributed by atoms with Crippen molar-refractivity contribution in [1.29, 1.82) is 0 Å². The van der Waals surface area contributed by atoms with Gasteiger partial charge in [-0.3, -0.25) is 0 Å². The molecular formula is C10H5BrF2N2O2S. The van der Waals surface area contributed by atoms with Gasteiger partial charge >= 0.3 is 5.97 Å². The molecule has 0 unspecified atom stereocenters. The van der Waals surface area contributed by atoms with E-state index in [2.05, 4.69) is 26.2 Å². The highest BCUT2D eigenvalue weighted by molar-refractivity contribution is 9.10. The highest BCUT2D eigenvalue weighted by Gasteiger charge is 2.14. The van der Waals surface area contributed by atoms with Gasteiger partial charge in [-0.25, -0.2) is 18.6 Å². The molecule has 0 radical (unpaired) electrons. The Hall–Kier alpha value is -1.54. The van der Waals surface area contributed by atoms with Gasteiger partial charge in [-0.2, -0.15) is 0 Å². The second kappa shape index (κ2) is 4.99. The lowest BCUT2D eigenvalue weighted by atomic mass is 10.3. The summed E-state index contributed by atoms with van der Waals surface area (Å²) in [4.78, 5) is 14.3. The number of aromatic nitrogens is 1. The summed E-state index contributed by atoms with van der Waals surface area (Å²) in [5, 5.41) is 12.5. The minimum absolute atomic E-state index is 0.104. The molecule has 1 aromatic heterocycles. The van der Waals surface area contributed by atoms with Crippen molar-refractivity contribution in [2.75, 3.05) is 5.32 Å². The molecule has 0 spiro atoms. The van der Waals surface area contributed by atoms with Crippen molar-refractivity contribution in [3.8, 4) is 0 Å². The first kappa shape index (κ1) is 12.9. The molecule has 0 aliphatic heterocycles. The fourth-order valence-corrected chi connectivity index (χ4v) is 2.29. The van der Waals surface area contributed by atoms with Gasteiger partial charge < -0.3 is 10.4 Å². The molecule has 0 bridgehead atoms. The summed E-state index contributed by atoms with van der Waals surface area (Å²) < 4.78 is 27.3. The van der Waals surface area contributed by atoms with E-state index in [-0.39, 0.29) is 21.0 Å². The average molecular weight is 335 g/mol. The smallest absolute Gasteiger partial charge is 0.355 e. The third-order valence-electron chi connectivity index (χ3n) is 1.96. The summed E-state index contributed by atoms with van der Waals surface area (Å²) in [6.45, 7) is 0. The molecule has 2 aromatic rings. The number of carbonyl (C=O) groups is 1. The van der Waals surface area contributed by atoms with E-state index in [1.54, 1.807) is 0 Å². The molecule has 94 valence electrons. The molecule has 4 nitrogen and oxygen atoms in total. The Labute approximate surface area is 112 Å². The monoisotopic (exact) mass is 334 g/mol. The maximum atomic E-state index is 13.5. The summed E-state index contributed by atoms with van der Waals surface area (Å²) in [7, 11) is 0. The summed E-state index contributed by atoms with van der Waals surface area (Å²) in [6.07, 6.45) is 0. The largest absolute Gasteiger partial charge is 0.476 e. The number of aromatic carboxylic acids is 1. The Morgan fingerprint density at radius 2 is 2.00 bits per heavy atom. The van der Waals surface area contributed by atoms with Gasteiger partial charge in [0.25, 0.3) is 0 Å². The molecule has 2 rings (SSSR count). The quantitative estimate of drug-likeness (QED) is 0.899. The lowest BCUT2D eigenvalue weighted by Gasteiger charge is -2.06. The zero-order valence-corrected chi connectivity index (χ0v) is 11.0. The molecule has 2 N–H and O–H groups in total. The van der Waals surface area contributed by atoms with Crippen molar-refractivity contribution in [2.45, 2.75) is 0 Å². The number of carboxylic acids is 1. The minimum Gasteiger partial charge on any atom is -0.476 e. The minimum atomic E-state index is -1.20. The molecule has 0 aliphatic rings. The first-order chi connectivity index (χ1) is 8.47. The van der Waals surface area contributed by atoms with E-state index in [1.807, 2.05) is 0 Å². The van der Waals surface area contributed by atoms with Gasteiger partial charge in [0.2, 0.25) is 0 Å². The topological polar surface area (TPSA) is 62.2 Å². The van der Waals surface area contributed by atoms with Crippen molar-refractivity contribution < 1.29 is 18.7 Å². The number of halogens is 3. The Balaban J connectivity index is 2.31. The highest BCUT2D eigenvalue weighted by atomic mass is 79.9. The van der Waals surface area contributed by atoms with Crippen LogP contribution in [0.4, 0.5) is 19.6 Å². The van der Waals surface area contributed by atoms with Crippen molar-refractivity contribution in [2.24, 2.45) is 0 Å². The SMILES string of the molecule is O=C(O)c1csc(Nc2c(F)cc(Br)cc2F)n1. The van der Waals surface area contributed by atoms with E-state index in [0.717, 1.165) is 23.5 Å². The summed E-state index contributed by atoms with van der Waals surface area (Å²) in [5.74, 6) is -2.79. The van der Waals surface area contributed by atoms with Crippen LogP contribution in [-0.4, -0.2) is 16.1 Å². The Morgan fingerprint density at radius 1 is 1.39 bits per heavy atom. The van der Waals surface area contributed by atoms with Crippen molar-refractivity contribution in [3.05, 3.63) is 39.3 Å². The van der Waals surface area contributed by atoms with Crippen LogP contribution in [0.5, 0.6) is 0 Å². The fourth-order valence-electron chi connectivity index (χ4n) is 1.20. The van der Waals surface area contributed by atoms with Crippen LogP contribution in [0.3, 0.4) is 0 Å². The fraction of sp³-hybridized carbons (Fsp3) is 0. The number of hydrogen-bond acceptors (Lipinski definition) is 4. The van der Waals surface area contributed by atoms with E-state index in [0.29, 0.717) is 0 Å². The molecule has 0 saturated heterocycles. The molecule has 0 atom stereocenters. The Bertz CT molecular complexity index is 595. The number of nitrogens with one attached hydrogen (secondary N) is 1. The van der Waals surface area contributed by atoms with Gasteiger partial charge in [0.15, 0.2) is 22.5 Å². The number of rotatable bonds is 3. The molecule has 1 aromatic carbocycles. The van der Waals surface area contributed by atoms with Crippen molar-refractivity contribution in [3.63, 3.8) is 0 Å². The predicted octanol–water partition coefficient (Wildman–Crippen LogP) is 3.63. The maximum Gasteiger partial charge on any atom is 0.355 e. The van der Waals surface area contributed by atoms with Crippen molar-refractivity contribution >= 4 is 44.1 Å². The number of thiazole rings is 1. The normalized spacial score (nSPS) is 10.4. The summed E-state index contributed by atoms with van der Waals surface area (Å²) in [5.41, 5.74) is -0.551. The third kappa shape index (κ3) is 2.65. The van der Waals surface area contributed by atoms with E-state index in [1.165, 1.54) is 5.38 Å². The number of carboxylic acid groups (broad SMARTS) is 1. The number of anilines is 2. The zero-order chi connectivity index (χ0) is 13.3. The van der Waals surface area contributed by atoms with Gasteiger partial charge in [0, 0.05) is 9.85 Å². The molecule has 18 heavy (non-hydrogen) atoms. The summed E-state index contributed by atoms with van der Waals surface area (Å²) in [6, 6.07) is 2.19. The van der Waals surface area contributed by atoms with Crippen LogP contribution >= 0.6 is 27.3 Å². The molecule has 1 heterocycles. The molecular weight excluding hydrogens is 330 g/mol. The summed E-state index contributed by atoms with van der Waals surface area (Å²) >= 11 is 3.90. The molecule has 8 heteroatoms. The van der Waals surface area contributed by atoms with E-state index in [9.17, 15) is 13.6 Å². The van der Waals surface area contributed by atoms with Crippen LogP contribution < -0.4 is 5.32 Å². The van der Waals surface area contributed by atoms with Crippen LogP contribution in [0.25, 0.3) is 0 Å². The van der Waals surface area contributed by atoms with Crippen LogP contribution in [0.1, 0.15) is 10.5 Å². The van der Waals surface area contributed by atoms with Crippen LogP contribution in [0.15, 0.2) is 22.0 Å². The molecule has 0 amide bonds. The van der Waals surface area contributed by atoms with Crippen LogP contribution in [0.2, 0.25) is 0 Å². The first-order valence-electron chi connectivity index (χ1n) is 4.58. The molecule has 0 saturated carbocycles. The van der Waals surface area contributed by atoms with Crippen LogP contribution in [0, 0.1) is 11.6 Å². The number of nitrogens with zero attached hydrogens (tertiary/aromatic N) is 1. The number of benzene rings is 1. The van der Waals surface area contributed by atoms with E-state index >= 15 is 0 Å². The second-order valence-electron chi connectivity index (χ2n) is 3.21. The Morgan fingerprint density at radius 3 is 2.50 bits per heavy atom. The van der Waals surface area contributed by atoms with E-state index < -0.39 is 17.6 Å². The average Bonchev–Trinajstić information content (AvgIpc) is 2.71. The Kier molecular flexibility index (Phi) is 3.58. The lowest BCUT2D eigenvalue weighted by molar-refractivity contribution is 0.0691. The van der Waals surface area contributed by atoms with Gasteiger partial charge in [0.1, 0.15) is 5.69 Å². The zero-order valence-electron chi connectivity index (χ0n) is 8.58. The standard InChI is InChI=1S/C10H5BrF2N2O2S/c11-4-1-5(12)8(6(13)2-4)15-10-14-7(3-18-10)9(16)17/h1-3H,(H,14,15)(H,16,17). The lowest BCUT2D eigenvalue weighted by Crippen LogP contribution is -2.00. The van der Waals surface area contributed by atoms with Gasteiger partial charge in [-0.1, -0.05) is 15.9 Å². The predicted molar refractivity (Wildman–Crippen MR) is 66.4 cm³/mol. The number of hydrogen-bond donors (Lipinski definition) is 2. The van der Waals surface area contributed by atoms with Gasteiger partial charge in [-0.15, -0.1) is 11.3 Å². The van der Waals surface area contributed by atoms with Crippen LogP contribution in [-0.2, 0) is 0 Å². The molecule has 0 aliphatic carbocycles. The third-order valence-corrected chi connectivity index (χ3v) is 3.18. The highest BCUT2D eigenvalue weighted by Crippen LogP contribution is 2.28. The first-order valence-corrected chi connectivity index (χ1v) is 6.25. The van der Waals surface area contributed by atoms with Gasteiger partial charge in [-0.05, 0) is 12.1 Å². The van der Waals surface area contributed by atoms with Gasteiger partial charge in [0.05, 0.1) is 0 Å². The maximum absolute atomic E-state index is 13.5.